The molecule has 1 saturated heterocycles. The molecular formula is C56H96N16O13S2. The van der Waals surface area contributed by atoms with Crippen molar-refractivity contribution in [2.24, 2.45) is 40.5 Å². The van der Waals surface area contributed by atoms with Crippen molar-refractivity contribution in [2.45, 2.75) is 184 Å². The van der Waals surface area contributed by atoms with Crippen LogP contribution in [0.4, 0.5) is 0 Å². The third-order valence-electron chi connectivity index (χ3n) is 14.6. The molecule has 0 radical (unpaired) electrons. The number of amides is 11. The minimum absolute atomic E-state index is 0.0455. The van der Waals surface area contributed by atoms with Crippen LogP contribution >= 0.6 is 21.6 Å². The lowest BCUT2D eigenvalue weighted by atomic mass is 9.88. The summed E-state index contributed by atoms with van der Waals surface area (Å²) in [4.78, 5) is 154. The Labute approximate surface area is 516 Å². The highest BCUT2D eigenvalue weighted by Crippen LogP contribution is 2.31. The molecule has 1 aromatic carbocycles. The first kappa shape index (κ1) is 75.1. The lowest BCUT2D eigenvalue weighted by molar-refractivity contribution is -0.136. The van der Waals surface area contributed by atoms with Gasteiger partial charge in [0.1, 0.15) is 60.4 Å². The van der Waals surface area contributed by atoms with Gasteiger partial charge in [0.25, 0.3) is 0 Å². The molecule has 23 N–H and O–H groups in total. The molecule has 87 heavy (non-hydrogen) atoms. The second kappa shape index (κ2) is 40.4. The normalized spacial score (nSPS) is 23.5. The zero-order valence-corrected chi connectivity index (χ0v) is 52.0. The minimum atomic E-state index is -1.70. The van der Waals surface area contributed by atoms with Crippen LogP contribution in [-0.4, -0.2) is 199 Å². The van der Waals surface area contributed by atoms with Crippen molar-refractivity contribution in [2.75, 3.05) is 50.8 Å². The van der Waals surface area contributed by atoms with E-state index in [4.69, 9.17) is 28.7 Å². The number of hydrogen-bond donors (Lipinski definition) is 18. The van der Waals surface area contributed by atoms with E-state index in [1.165, 1.54) is 67.5 Å². The third-order valence-corrected chi connectivity index (χ3v) is 17.0. The van der Waals surface area contributed by atoms with Gasteiger partial charge in [-0.3, -0.25) is 52.7 Å². The van der Waals surface area contributed by atoms with E-state index < -0.39 is 157 Å². The van der Waals surface area contributed by atoms with Crippen LogP contribution in [0.3, 0.4) is 0 Å². The largest absolute Gasteiger partial charge is 0.391 e. The quantitative estimate of drug-likeness (QED) is 0.0276. The Kier molecular flexibility index (Phi) is 34.8. The summed E-state index contributed by atoms with van der Waals surface area (Å²) in [6.07, 6.45) is 2.49. The molecule has 0 aromatic heterocycles. The average molecular weight is 1270 g/mol. The van der Waals surface area contributed by atoms with Crippen LogP contribution in [-0.2, 0) is 59.2 Å². The van der Waals surface area contributed by atoms with Gasteiger partial charge in [-0.25, -0.2) is 0 Å². The van der Waals surface area contributed by atoms with Crippen molar-refractivity contribution < 1.29 is 63.0 Å². The molecule has 29 nitrogen and oxygen atoms in total. The van der Waals surface area contributed by atoms with E-state index in [0.29, 0.717) is 11.5 Å². The summed E-state index contributed by atoms with van der Waals surface area (Å²) >= 11 is 0. The van der Waals surface area contributed by atoms with Gasteiger partial charge in [0, 0.05) is 24.5 Å². The lowest BCUT2D eigenvalue weighted by Gasteiger charge is -2.29. The molecule has 2 aliphatic rings. The maximum absolute atomic E-state index is 14.6. The van der Waals surface area contributed by atoms with Crippen molar-refractivity contribution in [3.63, 3.8) is 0 Å². The second-order valence-electron chi connectivity index (χ2n) is 22.3. The Hall–Kier alpha value is -6.19. The summed E-state index contributed by atoms with van der Waals surface area (Å²) in [6.45, 7) is 4.42. The fraction of sp³-hybridized carbons (Fsp3) is 0.696. The fourth-order valence-electron chi connectivity index (χ4n) is 9.74. The van der Waals surface area contributed by atoms with E-state index >= 15 is 0 Å². The minimum Gasteiger partial charge on any atom is -0.391 e. The predicted octanol–water partition coefficient (Wildman–Crippen LogP) is -4.89. The summed E-state index contributed by atoms with van der Waals surface area (Å²) in [5, 5.41) is 49.8. The van der Waals surface area contributed by atoms with Crippen molar-refractivity contribution in [1.29, 1.82) is 0 Å². The fourth-order valence-corrected chi connectivity index (χ4v) is 12.1. The highest BCUT2D eigenvalue weighted by atomic mass is 33.1. The maximum atomic E-state index is 14.6. The van der Waals surface area contributed by atoms with Gasteiger partial charge in [-0.2, -0.15) is 0 Å². The third kappa shape index (κ3) is 27.0. The highest BCUT2D eigenvalue weighted by Gasteiger charge is 2.38. The van der Waals surface area contributed by atoms with Crippen LogP contribution in [0.15, 0.2) is 30.3 Å². The zero-order valence-electron chi connectivity index (χ0n) is 50.4. The highest BCUT2D eigenvalue weighted by molar-refractivity contribution is 8.76. The molecule has 1 aliphatic heterocycles. The number of rotatable bonds is 28. The van der Waals surface area contributed by atoms with Crippen molar-refractivity contribution in [3.8, 4) is 0 Å². The molecule has 1 saturated carbocycles. The standard InChI is InChI=1S/C56H96N16O13S2/c1-31(2)27-41-52(81)66-36(15-21-57)47(76)65-39(18-24-60)51(80)71-45(32(3)73)55(84)62-25-19-40(50(79)64-37(16-22-58)49(78)70-42(53(82)69-41)28-35-13-9-6-10-14-35)67-48(77)38(17-23-59)68-56(85)46(33(4)74)72-54(83)43(63-44(75)29-61)30-87-86-26-20-34-11-7-5-8-12-34/h6,9-10,13-14,31-34,36-43,45-46,73-74H,5,7-8,11-12,15-30,57-61H2,1-4H3,(H,62,84)(H,63,75)(H,64,79)(H,65,76)(H,66,81)(H,67,77)(H,68,85)(H,69,82)(H,70,78)(H,71,80)(H,72,83)/t32-,33-,36+,37+,38+,39+,40+,41+,42-,43+,45+,46+/m1/s1. The van der Waals surface area contributed by atoms with Gasteiger partial charge in [-0.1, -0.05) is 97.9 Å². The number of nitrogens with two attached hydrogens (primary N) is 5. The molecule has 1 aliphatic carbocycles. The molecule has 490 valence electrons. The van der Waals surface area contributed by atoms with Gasteiger partial charge in [-0.15, -0.1) is 0 Å². The average Bonchev–Trinajstić information content (AvgIpc) is 3.54. The van der Waals surface area contributed by atoms with Gasteiger partial charge >= 0.3 is 0 Å². The van der Waals surface area contributed by atoms with E-state index in [1.807, 2.05) is 0 Å². The first-order valence-corrected chi connectivity index (χ1v) is 32.4. The Bertz CT molecular complexity index is 2390. The number of aliphatic hydroxyl groups excluding tert-OH is 2. The van der Waals surface area contributed by atoms with Crippen molar-refractivity contribution in [1.82, 2.24) is 58.5 Å². The summed E-state index contributed by atoms with van der Waals surface area (Å²) < 4.78 is 0. The molecule has 3 rings (SSSR count). The van der Waals surface area contributed by atoms with Crippen LogP contribution in [0.25, 0.3) is 0 Å². The van der Waals surface area contributed by atoms with Crippen LogP contribution in [0.2, 0.25) is 0 Å². The lowest BCUT2D eigenvalue weighted by Crippen LogP contribution is -2.62. The van der Waals surface area contributed by atoms with E-state index in [-0.39, 0.29) is 76.4 Å². The Balaban J connectivity index is 2.04. The Morgan fingerprint density at radius 1 is 0.575 bits per heavy atom. The molecule has 0 bridgehead atoms. The van der Waals surface area contributed by atoms with Gasteiger partial charge in [0.05, 0.1) is 18.8 Å². The van der Waals surface area contributed by atoms with Crippen molar-refractivity contribution in [3.05, 3.63) is 35.9 Å². The molecule has 2 fully saturated rings. The van der Waals surface area contributed by atoms with Gasteiger partial charge < -0.3 is 97.4 Å². The summed E-state index contributed by atoms with van der Waals surface area (Å²) in [5.41, 5.74) is 29.8. The summed E-state index contributed by atoms with van der Waals surface area (Å²) in [6, 6.07) is -6.23. The molecule has 1 aromatic rings. The smallest absolute Gasteiger partial charge is 0.245 e. The predicted molar refractivity (Wildman–Crippen MR) is 330 cm³/mol. The number of benzene rings is 1. The van der Waals surface area contributed by atoms with Gasteiger partial charge in [0.15, 0.2) is 0 Å². The Morgan fingerprint density at radius 3 is 1.66 bits per heavy atom. The van der Waals surface area contributed by atoms with E-state index in [9.17, 15) is 63.0 Å². The van der Waals surface area contributed by atoms with E-state index in [2.05, 4.69) is 58.5 Å². The second-order valence-corrected chi connectivity index (χ2v) is 24.9. The topological polar surface area (TPSA) is 491 Å². The van der Waals surface area contributed by atoms with Crippen LogP contribution in [0.5, 0.6) is 0 Å². The first-order chi connectivity index (χ1) is 41.5. The maximum Gasteiger partial charge on any atom is 0.245 e. The molecule has 11 amide bonds. The molecule has 12 atom stereocenters. The Morgan fingerprint density at radius 2 is 1.11 bits per heavy atom. The van der Waals surface area contributed by atoms with E-state index in [0.717, 1.165) is 12.2 Å². The summed E-state index contributed by atoms with van der Waals surface area (Å²) in [7, 11) is 2.89. The molecule has 0 unspecified atom stereocenters. The van der Waals surface area contributed by atoms with Crippen LogP contribution in [0.1, 0.15) is 110 Å². The first-order valence-electron chi connectivity index (χ1n) is 29.9. The van der Waals surface area contributed by atoms with Gasteiger partial charge in [-0.05, 0) is 102 Å². The zero-order chi connectivity index (χ0) is 64.6. The van der Waals surface area contributed by atoms with Gasteiger partial charge in [0.2, 0.25) is 65.0 Å². The molecular weight excluding hydrogens is 1170 g/mol. The monoisotopic (exact) mass is 1260 g/mol. The molecule has 31 heteroatoms. The van der Waals surface area contributed by atoms with Crippen LogP contribution < -0.4 is 87.2 Å². The van der Waals surface area contributed by atoms with Crippen LogP contribution in [0, 0.1) is 11.8 Å². The summed E-state index contributed by atoms with van der Waals surface area (Å²) in [5.74, 6) is -8.62. The number of carbonyl (C=O) groups excluding carboxylic acids is 11. The molecule has 0 spiro atoms. The number of nitrogens with one attached hydrogen (secondary N) is 11. The van der Waals surface area contributed by atoms with Crippen molar-refractivity contribution >= 4 is 86.6 Å². The number of hydrogen-bond acceptors (Lipinski definition) is 20. The van der Waals surface area contributed by atoms with E-state index in [1.54, 1.807) is 44.2 Å². The molecule has 1 heterocycles. The number of carbonyl (C=O) groups is 11. The number of aliphatic hydroxyl groups is 2. The SMILES string of the molecule is CC(C)C[C@@H]1NC(=O)[C@@H](Cc2ccccc2)NC(=O)[C@H](CCN)NC(=O)[C@@H](NC(=O)[C@H](CCN)NC(=O)[C@@H](NC(=O)[C@H](CSSCCC2CCCCC2)NC(=O)CN)[C@@H](C)O)CCNC(=O)[C@H]([C@@H](C)O)NC(=O)[C@H](CCN)NC(=O)[C@H](CCN)NC1=O.